The van der Waals surface area contributed by atoms with Gasteiger partial charge in [-0.2, -0.15) is 0 Å². The van der Waals surface area contributed by atoms with Crippen LogP contribution >= 0.6 is 0 Å². The second-order valence-corrected chi connectivity index (χ2v) is 18.8. The maximum absolute atomic E-state index is 12.8. The molecule has 0 aromatic carbocycles. The van der Waals surface area contributed by atoms with Gasteiger partial charge in [0.15, 0.2) is 12.1 Å². The Morgan fingerprint density at radius 3 is 1.28 bits per heavy atom. The lowest BCUT2D eigenvalue weighted by atomic mass is 10.0. The predicted octanol–water partition coefficient (Wildman–Crippen LogP) is 15.5. The molecule has 0 rings (SSSR count). The van der Waals surface area contributed by atoms with Crippen LogP contribution in [0.4, 0.5) is 0 Å². The topological polar surface area (TPSA) is 99.1 Å². The first-order valence-corrected chi connectivity index (χ1v) is 26.5. The fraction of sp³-hybridized carbons (Fsp3) is 0.737. The van der Waals surface area contributed by atoms with Crippen molar-refractivity contribution in [3.8, 4) is 0 Å². The van der Waals surface area contributed by atoms with Crippen LogP contribution < -0.4 is 0 Å². The Hall–Kier alpha value is -3.23. The van der Waals surface area contributed by atoms with Gasteiger partial charge in [-0.05, 0) is 64.2 Å². The molecule has 65 heavy (non-hydrogen) atoms. The number of carboxylic acids is 1. The number of rotatable bonds is 47. The quantitative estimate of drug-likeness (QED) is 0.0281. The van der Waals surface area contributed by atoms with Crippen molar-refractivity contribution in [1.29, 1.82) is 0 Å². The predicted molar refractivity (Wildman–Crippen MR) is 275 cm³/mol. The van der Waals surface area contributed by atoms with Gasteiger partial charge in [-0.1, -0.05) is 209 Å². The van der Waals surface area contributed by atoms with E-state index >= 15 is 0 Å². The molecule has 0 amide bonds. The van der Waals surface area contributed by atoms with Crippen LogP contribution in [0.25, 0.3) is 0 Å². The van der Waals surface area contributed by atoms with Gasteiger partial charge >= 0.3 is 17.9 Å². The molecular formula is C57H100NO7+. The molecule has 0 aromatic heterocycles. The van der Waals surface area contributed by atoms with Crippen LogP contribution in [0.2, 0.25) is 0 Å². The summed E-state index contributed by atoms with van der Waals surface area (Å²) in [5.74, 6) is -1.50. The molecule has 8 heteroatoms. The van der Waals surface area contributed by atoms with E-state index in [1.165, 1.54) is 96.3 Å². The standard InChI is InChI=1S/C57H99NO7/c1-6-8-10-12-14-16-18-20-22-24-26-27-28-29-30-32-34-36-38-40-42-44-46-48-56(60)65-53(51-63-50-49-54(57(61)62)58(3,4)5)52-64-55(59)47-45-43-41-39-37-35-33-31-25-23-21-19-17-15-13-11-9-7-2/h8,10,14,16,20,22,26-27,29-30,34,36,53-54H,6-7,9,11-13,15,17-19,21,23-25,28,31-33,35,37-52H2,1-5H3/p+1/b10-8+,16-14+,22-20+,27-26+,30-29+,36-34+. The second-order valence-electron chi connectivity index (χ2n) is 18.8. The van der Waals surface area contributed by atoms with Crippen molar-refractivity contribution in [1.82, 2.24) is 0 Å². The van der Waals surface area contributed by atoms with Gasteiger partial charge in [-0.15, -0.1) is 0 Å². The molecule has 0 spiro atoms. The van der Waals surface area contributed by atoms with Crippen LogP contribution in [0.15, 0.2) is 72.9 Å². The first kappa shape index (κ1) is 61.8. The van der Waals surface area contributed by atoms with Gasteiger partial charge in [0.25, 0.3) is 0 Å². The van der Waals surface area contributed by atoms with Gasteiger partial charge in [-0.3, -0.25) is 9.59 Å². The number of hydrogen-bond donors (Lipinski definition) is 1. The Kier molecular flexibility index (Phi) is 44.9. The SMILES string of the molecule is CC/C=C/C/C=C/C/C=C/C/C=C/C/C=C/C/C=C/CCCCCCC(=O)OC(COCCC(C(=O)O)[N+](C)(C)C)COC(=O)CCCCCCCCCCCCCCCCCCCC. The number of esters is 2. The molecule has 0 saturated heterocycles. The molecule has 1 N–H and O–H groups in total. The summed E-state index contributed by atoms with van der Waals surface area (Å²) in [6.07, 6.45) is 60.9. The van der Waals surface area contributed by atoms with Crippen molar-refractivity contribution in [2.45, 2.75) is 231 Å². The van der Waals surface area contributed by atoms with E-state index in [1.54, 1.807) is 0 Å². The van der Waals surface area contributed by atoms with E-state index in [0.717, 1.165) is 89.9 Å². The van der Waals surface area contributed by atoms with Crippen molar-refractivity contribution < 1.29 is 38.2 Å². The highest BCUT2D eigenvalue weighted by atomic mass is 16.6. The molecule has 0 radical (unpaired) electrons. The van der Waals surface area contributed by atoms with E-state index in [1.807, 2.05) is 21.1 Å². The number of carbonyl (C=O) groups excluding carboxylic acids is 2. The molecule has 2 atom stereocenters. The number of allylic oxidation sites excluding steroid dienone is 12. The molecule has 0 aromatic rings. The van der Waals surface area contributed by atoms with Crippen molar-refractivity contribution in [3.63, 3.8) is 0 Å². The number of hydrogen-bond acceptors (Lipinski definition) is 6. The largest absolute Gasteiger partial charge is 0.477 e. The minimum atomic E-state index is -0.880. The molecule has 0 aliphatic heterocycles. The Balaban J connectivity index is 4.29. The van der Waals surface area contributed by atoms with E-state index < -0.39 is 18.1 Å². The zero-order valence-corrected chi connectivity index (χ0v) is 42.7. The molecule has 0 aliphatic rings. The summed E-state index contributed by atoms with van der Waals surface area (Å²) in [6.45, 7) is 4.62. The summed E-state index contributed by atoms with van der Waals surface area (Å²) >= 11 is 0. The summed E-state index contributed by atoms with van der Waals surface area (Å²) in [4.78, 5) is 37.2. The van der Waals surface area contributed by atoms with Crippen molar-refractivity contribution in [3.05, 3.63) is 72.9 Å². The van der Waals surface area contributed by atoms with Gasteiger partial charge in [0.05, 0.1) is 34.4 Å². The van der Waals surface area contributed by atoms with Crippen LogP contribution in [0.5, 0.6) is 0 Å². The Labute approximate surface area is 400 Å². The number of aliphatic carboxylic acids is 1. The third-order valence-corrected chi connectivity index (χ3v) is 11.6. The molecule has 0 heterocycles. The van der Waals surface area contributed by atoms with Crippen LogP contribution in [0, 0.1) is 0 Å². The summed E-state index contributed by atoms with van der Waals surface area (Å²) in [7, 11) is 5.53. The van der Waals surface area contributed by atoms with Gasteiger partial charge in [-0.25, -0.2) is 4.79 Å². The first-order valence-electron chi connectivity index (χ1n) is 26.5. The lowest BCUT2D eigenvalue weighted by Gasteiger charge is -2.31. The summed E-state index contributed by atoms with van der Waals surface area (Å²) in [5.41, 5.74) is 0. The van der Waals surface area contributed by atoms with E-state index in [-0.39, 0.29) is 36.2 Å². The molecule has 0 saturated carbocycles. The van der Waals surface area contributed by atoms with Gasteiger partial charge in [0.2, 0.25) is 0 Å². The molecule has 2 unspecified atom stereocenters. The van der Waals surface area contributed by atoms with E-state index in [0.29, 0.717) is 19.3 Å². The molecule has 374 valence electrons. The van der Waals surface area contributed by atoms with Crippen LogP contribution in [-0.4, -0.2) is 80.6 Å². The number of likely N-dealkylation sites (N-methyl/N-ethyl adjacent to an activating group) is 1. The fourth-order valence-electron chi connectivity index (χ4n) is 7.57. The molecular weight excluding hydrogens is 811 g/mol. The Bertz CT molecular complexity index is 1290. The van der Waals surface area contributed by atoms with Crippen molar-refractivity contribution in [2.24, 2.45) is 0 Å². The van der Waals surface area contributed by atoms with E-state index in [9.17, 15) is 19.5 Å². The highest BCUT2D eigenvalue weighted by Gasteiger charge is 2.31. The maximum atomic E-state index is 12.8. The average molecular weight is 911 g/mol. The fourth-order valence-corrected chi connectivity index (χ4v) is 7.57. The van der Waals surface area contributed by atoms with Crippen LogP contribution in [-0.2, 0) is 28.6 Å². The first-order chi connectivity index (χ1) is 31.6. The third-order valence-electron chi connectivity index (χ3n) is 11.6. The number of nitrogens with zero attached hydrogens (tertiary/aromatic N) is 1. The maximum Gasteiger partial charge on any atom is 0.362 e. The summed E-state index contributed by atoms with van der Waals surface area (Å²) in [5, 5.41) is 9.66. The van der Waals surface area contributed by atoms with Gasteiger partial charge < -0.3 is 23.8 Å². The lowest BCUT2D eigenvalue weighted by molar-refractivity contribution is -0.887. The van der Waals surface area contributed by atoms with Crippen LogP contribution in [0.1, 0.15) is 219 Å². The van der Waals surface area contributed by atoms with E-state index in [4.69, 9.17) is 14.2 Å². The number of quaternary nitrogens is 1. The van der Waals surface area contributed by atoms with Gasteiger partial charge in [0.1, 0.15) is 6.61 Å². The molecule has 0 fully saturated rings. The molecule has 8 nitrogen and oxygen atoms in total. The van der Waals surface area contributed by atoms with Crippen molar-refractivity contribution >= 4 is 17.9 Å². The average Bonchev–Trinajstić information content (AvgIpc) is 3.27. The highest BCUT2D eigenvalue weighted by Crippen LogP contribution is 2.16. The Morgan fingerprint density at radius 1 is 0.477 bits per heavy atom. The van der Waals surface area contributed by atoms with Crippen molar-refractivity contribution in [2.75, 3.05) is 41.0 Å². The normalized spacial score (nSPS) is 13.4. The minimum Gasteiger partial charge on any atom is -0.477 e. The Morgan fingerprint density at radius 2 is 0.862 bits per heavy atom. The minimum absolute atomic E-state index is 0.0493. The smallest absolute Gasteiger partial charge is 0.362 e. The number of ether oxygens (including phenoxy) is 3. The monoisotopic (exact) mass is 911 g/mol. The second kappa shape index (κ2) is 47.3. The summed E-state index contributed by atoms with van der Waals surface area (Å²) < 4.78 is 17.3. The number of carboxylic acid groups (broad SMARTS) is 1. The van der Waals surface area contributed by atoms with Crippen LogP contribution in [0.3, 0.4) is 0 Å². The van der Waals surface area contributed by atoms with Gasteiger partial charge in [0, 0.05) is 19.3 Å². The number of carbonyl (C=O) groups is 3. The molecule has 0 bridgehead atoms. The zero-order chi connectivity index (χ0) is 47.7. The lowest BCUT2D eigenvalue weighted by Crippen LogP contribution is -2.50. The molecule has 0 aliphatic carbocycles. The summed E-state index contributed by atoms with van der Waals surface area (Å²) in [6, 6.07) is -0.623. The van der Waals surface area contributed by atoms with E-state index in [2.05, 4.69) is 86.8 Å². The number of unbranched alkanes of at least 4 members (excludes halogenated alkanes) is 21. The highest BCUT2D eigenvalue weighted by molar-refractivity contribution is 5.72. The zero-order valence-electron chi connectivity index (χ0n) is 42.7. The third kappa shape index (κ3) is 45.7.